The second kappa shape index (κ2) is 6.25. The third kappa shape index (κ3) is 3.66. The predicted molar refractivity (Wildman–Crippen MR) is 85.8 cm³/mol. The first-order valence-corrected chi connectivity index (χ1v) is 7.31. The number of aromatic nitrogens is 1. The summed E-state index contributed by atoms with van der Waals surface area (Å²) in [6.07, 6.45) is -4.87. The molecule has 128 valence electrons. The lowest BCUT2D eigenvalue weighted by Gasteiger charge is -2.12. The van der Waals surface area contributed by atoms with Crippen molar-refractivity contribution in [2.24, 2.45) is 0 Å². The first-order chi connectivity index (χ1) is 11.7. The summed E-state index contributed by atoms with van der Waals surface area (Å²) in [6.45, 7) is 0. The predicted octanol–water partition coefficient (Wildman–Crippen LogP) is 5.15. The molecule has 3 aromatic rings. The number of pyridine rings is 1. The number of carbonyl (C=O) groups is 1. The summed E-state index contributed by atoms with van der Waals surface area (Å²) in [5, 5.41) is 9.83. The van der Waals surface area contributed by atoms with E-state index in [1.165, 1.54) is 12.1 Å². The highest BCUT2D eigenvalue weighted by atomic mass is 35.5. The van der Waals surface area contributed by atoms with Crippen LogP contribution in [0.1, 0.15) is 10.4 Å². The molecule has 3 rings (SSSR count). The van der Waals surface area contributed by atoms with E-state index in [9.17, 15) is 23.1 Å². The normalized spacial score (nSPS) is 11.5. The van der Waals surface area contributed by atoms with Crippen molar-refractivity contribution < 1.29 is 27.8 Å². The highest BCUT2D eigenvalue weighted by Gasteiger charge is 2.31. The molecule has 1 aromatic heterocycles. The number of alkyl halides is 3. The van der Waals surface area contributed by atoms with Gasteiger partial charge in [0.2, 0.25) is 0 Å². The number of hydrogen-bond acceptors (Lipinski definition) is 3. The van der Waals surface area contributed by atoms with Crippen molar-refractivity contribution in [3.8, 4) is 17.0 Å². The molecule has 0 radical (unpaired) electrons. The van der Waals surface area contributed by atoms with Crippen LogP contribution in [0, 0.1) is 0 Å². The Bertz CT molecular complexity index is 973. The Morgan fingerprint density at radius 3 is 2.48 bits per heavy atom. The molecule has 4 nitrogen and oxygen atoms in total. The lowest BCUT2D eigenvalue weighted by molar-refractivity contribution is -0.274. The van der Waals surface area contributed by atoms with E-state index in [0.29, 0.717) is 16.3 Å². The van der Waals surface area contributed by atoms with Crippen molar-refractivity contribution in [3.63, 3.8) is 0 Å². The fourth-order valence-corrected chi connectivity index (χ4v) is 2.62. The zero-order valence-corrected chi connectivity index (χ0v) is 13.1. The first kappa shape index (κ1) is 17.0. The van der Waals surface area contributed by atoms with E-state index in [-0.39, 0.29) is 16.5 Å². The monoisotopic (exact) mass is 367 g/mol. The standard InChI is InChI=1S/C17H9ClF3NO3/c18-13-4-2-1-3-10(13)15-8-12(16(23)24)11-7-9(25-17(19,20)21)5-6-14(11)22-15/h1-8H,(H,23,24). The van der Waals surface area contributed by atoms with Gasteiger partial charge in [-0.25, -0.2) is 9.78 Å². The first-order valence-electron chi connectivity index (χ1n) is 6.93. The molecule has 0 saturated carbocycles. The lowest BCUT2D eigenvalue weighted by atomic mass is 10.0. The molecule has 8 heteroatoms. The Balaban J connectivity index is 2.20. The van der Waals surface area contributed by atoms with Gasteiger partial charge in [0.15, 0.2) is 0 Å². The minimum absolute atomic E-state index is 0.0325. The largest absolute Gasteiger partial charge is 0.573 e. The summed E-state index contributed by atoms with van der Waals surface area (Å²) < 4.78 is 40.9. The van der Waals surface area contributed by atoms with E-state index >= 15 is 0 Å². The van der Waals surface area contributed by atoms with Crippen LogP contribution in [-0.4, -0.2) is 22.4 Å². The summed E-state index contributed by atoms with van der Waals surface area (Å²) in [5.74, 6) is -1.82. The number of carboxylic acids is 1. The lowest BCUT2D eigenvalue weighted by Crippen LogP contribution is -2.17. The summed E-state index contributed by atoms with van der Waals surface area (Å²) in [7, 11) is 0. The highest BCUT2D eigenvalue weighted by Crippen LogP contribution is 2.32. The topological polar surface area (TPSA) is 59.4 Å². The fraction of sp³-hybridized carbons (Fsp3) is 0.0588. The van der Waals surface area contributed by atoms with E-state index in [4.69, 9.17) is 11.6 Å². The zero-order valence-electron chi connectivity index (χ0n) is 12.3. The summed E-state index contributed by atoms with van der Waals surface area (Å²) >= 11 is 6.11. The van der Waals surface area contributed by atoms with Crippen LogP contribution in [0.15, 0.2) is 48.5 Å². The second-order valence-corrected chi connectivity index (χ2v) is 5.47. The average Bonchev–Trinajstić information content (AvgIpc) is 2.52. The molecule has 1 heterocycles. The van der Waals surface area contributed by atoms with Crippen LogP contribution in [-0.2, 0) is 0 Å². The van der Waals surface area contributed by atoms with Gasteiger partial charge >= 0.3 is 12.3 Å². The number of carboxylic acid groups (broad SMARTS) is 1. The number of fused-ring (bicyclic) bond motifs is 1. The number of aromatic carboxylic acids is 1. The minimum Gasteiger partial charge on any atom is -0.478 e. The van der Waals surface area contributed by atoms with Gasteiger partial charge in [0.05, 0.1) is 16.8 Å². The van der Waals surface area contributed by atoms with Crippen LogP contribution in [0.2, 0.25) is 5.02 Å². The van der Waals surface area contributed by atoms with Gasteiger partial charge in [0, 0.05) is 16.0 Å². The fourth-order valence-electron chi connectivity index (χ4n) is 2.39. The van der Waals surface area contributed by atoms with Crippen LogP contribution in [0.25, 0.3) is 22.2 Å². The van der Waals surface area contributed by atoms with E-state index in [0.717, 1.165) is 12.1 Å². The van der Waals surface area contributed by atoms with Crippen LogP contribution >= 0.6 is 11.6 Å². The Morgan fingerprint density at radius 1 is 1.12 bits per heavy atom. The number of ether oxygens (including phenoxy) is 1. The number of nitrogens with zero attached hydrogens (tertiary/aromatic N) is 1. The van der Waals surface area contributed by atoms with E-state index in [1.54, 1.807) is 24.3 Å². The molecule has 0 spiro atoms. The molecule has 25 heavy (non-hydrogen) atoms. The molecule has 0 aliphatic rings. The minimum atomic E-state index is -4.87. The number of benzene rings is 2. The van der Waals surface area contributed by atoms with Gasteiger partial charge in [-0.1, -0.05) is 29.8 Å². The molecule has 0 aliphatic carbocycles. The van der Waals surface area contributed by atoms with Crippen molar-refractivity contribution in [2.45, 2.75) is 6.36 Å². The van der Waals surface area contributed by atoms with Crippen molar-refractivity contribution in [2.75, 3.05) is 0 Å². The maximum atomic E-state index is 12.4. The molecule has 0 fully saturated rings. The van der Waals surface area contributed by atoms with Gasteiger partial charge in [-0.05, 0) is 30.3 Å². The molecule has 0 amide bonds. The number of rotatable bonds is 3. The van der Waals surface area contributed by atoms with Gasteiger partial charge in [0.25, 0.3) is 0 Å². The van der Waals surface area contributed by atoms with E-state index < -0.39 is 18.1 Å². The van der Waals surface area contributed by atoms with Gasteiger partial charge in [-0.15, -0.1) is 13.2 Å². The van der Waals surface area contributed by atoms with Gasteiger partial charge in [-0.2, -0.15) is 0 Å². The maximum Gasteiger partial charge on any atom is 0.573 e. The summed E-state index contributed by atoms with van der Waals surface area (Å²) in [4.78, 5) is 15.9. The van der Waals surface area contributed by atoms with Crippen molar-refractivity contribution in [1.82, 2.24) is 4.98 Å². The second-order valence-electron chi connectivity index (χ2n) is 5.07. The van der Waals surface area contributed by atoms with Crippen LogP contribution < -0.4 is 4.74 Å². The summed E-state index contributed by atoms with van der Waals surface area (Å²) in [5.41, 5.74) is 0.834. The number of hydrogen-bond donors (Lipinski definition) is 1. The number of halogens is 4. The molecule has 2 aromatic carbocycles. The third-order valence-corrected chi connectivity index (χ3v) is 3.72. The van der Waals surface area contributed by atoms with Crippen LogP contribution in [0.5, 0.6) is 5.75 Å². The molecule has 0 atom stereocenters. The van der Waals surface area contributed by atoms with E-state index in [1.807, 2.05) is 0 Å². The van der Waals surface area contributed by atoms with Crippen molar-refractivity contribution in [1.29, 1.82) is 0 Å². The third-order valence-electron chi connectivity index (χ3n) is 3.39. The smallest absolute Gasteiger partial charge is 0.478 e. The maximum absolute atomic E-state index is 12.4. The average molecular weight is 368 g/mol. The van der Waals surface area contributed by atoms with Crippen molar-refractivity contribution >= 4 is 28.5 Å². The van der Waals surface area contributed by atoms with Crippen LogP contribution in [0.3, 0.4) is 0 Å². The van der Waals surface area contributed by atoms with Gasteiger partial charge in [-0.3, -0.25) is 0 Å². The Morgan fingerprint density at radius 2 is 1.84 bits per heavy atom. The molecule has 0 unspecified atom stereocenters. The quantitative estimate of drug-likeness (QED) is 0.695. The molecule has 0 aliphatic heterocycles. The molecule has 0 bridgehead atoms. The van der Waals surface area contributed by atoms with Crippen LogP contribution in [0.4, 0.5) is 13.2 Å². The molecular weight excluding hydrogens is 359 g/mol. The molecular formula is C17H9ClF3NO3. The zero-order chi connectivity index (χ0) is 18.2. The molecule has 1 N–H and O–H groups in total. The van der Waals surface area contributed by atoms with Crippen molar-refractivity contribution in [3.05, 3.63) is 59.1 Å². The molecule has 0 saturated heterocycles. The highest BCUT2D eigenvalue weighted by molar-refractivity contribution is 6.33. The van der Waals surface area contributed by atoms with Gasteiger partial charge in [0.1, 0.15) is 5.75 Å². The summed E-state index contributed by atoms with van der Waals surface area (Å²) in [6, 6.07) is 11.3. The SMILES string of the molecule is O=C(O)c1cc(-c2ccccc2Cl)nc2ccc(OC(F)(F)F)cc12. The Labute approximate surface area is 144 Å². The Hall–Kier alpha value is -2.80. The van der Waals surface area contributed by atoms with E-state index in [2.05, 4.69) is 9.72 Å². The Kier molecular flexibility index (Phi) is 4.26. The van der Waals surface area contributed by atoms with Gasteiger partial charge < -0.3 is 9.84 Å².